The van der Waals surface area contributed by atoms with E-state index in [2.05, 4.69) is 14.8 Å². The van der Waals surface area contributed by atoms with Crippen molar-refractivity contribution in [3.63, 3.8) is 0 Å². The maximum Gasteiger partial charge on any atom is 0.573 e. The van der Waals surface area contributed by atoms with E-state index in [9.17, 15) is 26.4 Å². The summed E-state index contributed by atoms with van der Waals surface area (Å²) in [5, 5.41) is 2.56. The number of carbonyl (C=O) groups is 1. The number of nitrogens with one attached hydrogen (secondary N) is 2. The number of sulfonamides is 1. The first-order chi connectivity index (χ1) is 14.9. The fraction of sp³-hybridized carbons (Fsp3) is 0.136. The van der Waals surface area contributed by atoms with Gasteiger partial charge in [-0.25, -0.2) is 8.42 Å². The van der Waals surface area contributed by atoms with Crippen LogP contribution in [0.15, 0.2) is 71.6 Å². The average molecular weight is 464 g/mol. The molecule has 0 aromatic heterocycles. The average Bonchev–Trinajstić information content (AvgIpc) is 2.70. The van der Waals surface area contributed by atoms with Gasteiger partial charge in [0, 0.05) is 11.3 Å². The lowest BCUT2D eigenvalue weighted by molar-refractivity contribution is -0.274. The molecule has 0 radical (unpaired) electrons. The van der Waals surface area contributed by atoms with Gasteiger partial charge in [0.2, 0.25) is 0 Å². The molecular weight excluding hydrogens is 445 g/mol. The zero-order chi connectivity index (χ0) is 23.5. The van der Waals surface area contributed by atoms with Crippen molar-refractivity contribution in [2.24, 2.45) is 0 Å². The molecule has 6 nitrogen and oxygen atoms in total. The largest absolute Gasteiger partial charge is 0.573 e. The van der Waals surface area contributed by atoms with Gasteiger partial charge in [0.25, 0.3) is 15.9 Å². The molecule has 0 aliphatic heterocycles. The van der Waals surface area contributed by atoms with Crippen LogP contribution in [0, 0.1) is 13.8 Å². The molecule has 3 aromatic rings. The van der Waals surface area contributed by atoms with E-state index >= 15 is 0 Å². The monoisotopic (exact) mass is 464 g/mol. The Labute approximate surface area is 183 Å². The molecule has 0 spiro atoms. The summed E-state index contributed by atoms with van der Waals surface area (Å²) in [5.74, 6) is -0.915. The number of amides is 1. The Morgan fingerprint density at radius 1 is 0.906 bits per heavy atom. The minimum absolute atomic E-state index is 0.113. The first kappa shape index (κ1) is 23.1. The van der Waals surface area contributed by atoms with Gasteiger partial charge in [-0.1, -0.05) is 17.7 Å². The minimum atomic E-state index is -4.80. The fourth-order valence-corrected chi connectivity index (χ4v) is 3.91. The lowest BCUT2D eigenvalue weighted by Crippen LogP contribution is -2.17. The summed E-state index contributed by atoms with van der Waals surface area (Å²) in [7, 11) is -3.79. The van der Waals surface area contributed by atoms with Crippen molar-refractivity contribution < 1.29 is 31.1 Å². The van der Waals surface area contributed by atoms with E-state index in [0.29, 0.717) is 11.3 Å². The second-order valence-electron chi connectivity index (χ2n) is 6.97. The van der Waals surface area contributed by atoms with E-state index in [0.717, 1.165) is 17.7 Å². The van der Waals surface area contributed by atoms with Crippen LogP contribution >= 0.6 is 0 Å². The normalized spacial score (nSPS) is 11.7. The molecule has 0 heterocycles. The van der Waals surface area contributed by atoms with Crippen LogP contribution in [0.25, 0.3) is 0 Å². The highest BCUT2D eigenvalue weighted by Crippen LogP contribution is 2.25. The molecule has 0 aliphatic rings. The van der Waals surface area contributed by atoms with Gasteiger partial charge in [0.05, 0.1) is 10.6 Å². The number of alkyl halides is 3. The second-order valence-corrected chi connectivity index (χ2v) is 8.66. The number of carbonyl (C=O) groups excluding carboxylic acids is 1. The van der Waals surface area contributed by atoms with Crippen LogP contribution in [0.1, 0.15) is 21.5 Å². The zero-order valence-corrected chi connectivity index (χ0v) is 17.8. The fourth-order valence-electron chi connectivity index (χ4n) is 2.78. The molecule has 0 saturated heterocycles. The molecule has 1 amide bonds. The van der Waals surface area contributed by atoms with Crippen LogP contribution < -0.4 is 14.8 Å². The third-order valence-electron chi connectivity index (χ3n) is 4.41. The Hall–Kier alpha value is -3.53. The van der Waals surface area contributed by atoms with Crippen molar-refractivity contribution >= 4 is 27.3 Å². The van der Waals surface area contributed by atoms with Gasteiger partial charge in [0.1, 0.15) is 5.75 Å². The van der Waals surface area contributed by atoms with Gasteiger partial charge in [-0.2, -0.15) is 0 Å². The Morgan fingerprint density at radius 2 is 1.53 bits per heavy atom. The van der Waals surface area contributed by atoms with E-state index in [1.54, 1.807) is 19.1 Å². The van der Waals surface area contributed by atoms with Crippen molar-refractivity contribution in [1.29, 1.82) is 0 Å². The van der Waals surface area contributed by atoms with Crippen molar-refractivity contribution in [2.75, 3.05) is 10.0 Å². The molecule has 3 rings (SSSR count). The Kier molecular flexibility index (Phi) is 6.45. The van der Waals surface area contributed by atoms with E-state index in [4.69, 9.17) is 0 Å². The molecule has 0 unspecified atom stereocenters. The first-order valence-electron chi connectivity index (χ1n) is 9.30. The van der Waals surface area contributed by atoms with Crippen LogP contribution in [0.5, 0.6) is 5.75 Å². The smallest absolute Gasteiger partial charge is 0.406 e. The molecule has 3 aromatic carbocycles. The standard InChI is InChI=1S/C22H19F3N2O4S/c1-14-3-10-19(11-4-14)32(29,30)27-20-12-5-16(13-15(20)2)21(28)26-17-6-8-18(9-7-17)31-22(23,24)25/h3-13,27H,1-2H3,(H,26,28). The number of hydrogen-bond acceptors (Lipinski definition) is 4. The van der Waals surface area contributed by atoms with Crippen LogP contribution in [-0.4, -0.2) is 20.7 Å². The number of ether oxygens (including phenoxy) is 1. The number of anilines is 2. The molecule has 32 heavy (non-hydrogen) atoms. The number of aryl methyl sites for hydroxylation is 2. The van der Waals surface area contributed by atoms with E-state index in [-0.39, 0.29) is 16.1 Å². The van der Waals surface area contributed by atoms with Gasteiger partial charge in [-0.15, -0.1) is 13.2 Å². The second kappa shape index (κ2) is 8.91. The molecule has 0 aliphatic carbocycles. The maximum atomic E-state index is 12.6. The van der Waals surface area contributed by atoms with Crippen LogP contribution in [0.2, 0.25) is 0 Å². The highest BCUT2D eigenvalue weighted by atomic mass is 32.2. The van der Waals surface area contributed by atoms with Gasteiger partial charge in [0.15, 0.2) is 0 Å². The maximum absolute atomic E-state index is 12.6. The zero-order valence-electron chi connectivity index (χ0n) is 17.0. The molecule has 0 saturated carbocycles. The molecular formula is C22H19F3N2O4S. The highest BCUT2D eigenvalue weighted by Gasteiger charge is 2.31. The SMILES string of the molecule is Cc1ccc(S(=O)(=O)Nc2ccc(C(=O)Nc3ccc(OC(F)(F)F)cc3)cc2C)cc1. The Balaban J connectivity index is 1.70. The van der Waals surface area contributed by atoms with Gasteiger partial charge >= 0.3 is 6.36 Å². The van der Waals surface area contributed by atoms with Gasteiger partial charge in [-0.3, -0.25) is 9.52 Å². The molecule has 2 N–H and O–H groups in total. The minimum Gasteiger partial charge on any atom is -0.406 e. The molecule has 0 fully saturated rings. The molecule has 168 valence electrons. The molecule has 0 atom stereocenters. The molecule has 10 heteroatoms. The predicted molar refractivity (Wildman–Crippen MR) is 114 cm³/mol. The quantitative estimate of drug-likeness (QED) is 0.522. The third-order valence-corrected chi connectivity index (χ3v) is 5.79. The van der Waals surface area contributed by atoms with E-state index in [1.807, 2.05) is 6.92 Å². The summed E-state index contributed by atoms with van der Waals surface area (Å²) in [6.07, 6.45) is -4.80. The van der Waals surface area contributed by atoms with Crippen molar-refractivity contribution in [2.45, 2.75) is 25.1 Å². The summed E-state index contributed by atoms with van der Waals surface area (Å²) >= 11 is 0. The van der Waals surface area contributed by atoms with Gasteiger partial charge < -0.3 is 10.1 Å². The third kappa shape index (κ3) is 6.01. The Morgan fingerprint density at radius 3 is 2.09 bits per heavy atom. The lowest BCUT2D eigenvalue weighted by atomic mass is 10.1. The first-order valence-corrected chi connectivity index (χ1v) is 10.8. The topological polar surface area (TPSA) is 84.5 Å². The lowest BCUT2D eigenvalue weighted by Gasteiger charge is -2.13. The summed E-state index contributed by atoms with van der Waals surface area (Å²) in [6, 6.07) is 15.5. The van der Waals surface area contributed by atoms with Crippen molar-refractivity contribution in [3.05, 3.63) is 83.4 Å². The molecule has 0 bridgehead atoms. The summed E-state index contributed by atoms with van der Waals surface area (Å²) in [5.41, 5.74) is 2.28. The number of hydrogen-bond donors (Lipinski definition) is 2. The van der Waals surface area contributed by atoms with Gasteiger partial charge in [-0.05, 0) is 74.0 Å². The van der Waals surface area contributed by atoms with E-state index < -0.39 is 28.0 Å². The number of benzene rings is 3. The van der Waals surface area contributed by atoms with Crippen LogP contribution in [0.4, 0.5) is 24.5 Å². The van der Waals surface area contributed by atoms with E-state index in [1.165, 1.54) is 42.5 Å². The number of rotatable bonds is 6. The van der Waals surface area contributed by atoms with Crippen LogP contribution in [0.3, 0.4) is 0 Å². The summed E-state index contributed by atoms with van der Waals surface area (Å²) in [4.78, 5) is 12.6. The van der Waals surface area contributed by atoms with Crippen LogP contribution in [-0.2, 0) is 10.0 Å². The predicted octanol–water partition coefficient (Wildman–Crippen LogP) is 5.26. The number of halogens is 3. The van der Waals surface area contributed by atoms with Crippen molar-refractivity contribution in [3.8, 4) is 5.75 Å². The summed E-state index contributed by atoms with van der Waals surface area (Å²) in [6.45, 7) is 3.50. The Bertz CT molecular complexity index is 1220. The summed E-state index contributed by atoms with van der Waals surface area (Å²) < 4.78 is 68.1. The van der Waals surface area contributed by atoms with Crippen molar-refractivity contribution in [1.82, 2.24) is 0 Å². The highest BCUT2D eigenvalue weighted by molar-refractivity contribution is 7.92.